The smallest absolute Gasteiger partial charge is 0.325 e. The first-order valence-corrected chi connectivity index (χ1v) is 4.15. The third kappa shape index (κ3) is 1.12. The largest absolute Gasteiger partial charge is 0.348 e. The molecule has 6 nitrogen and oxygen atoms in total. The van der Waals surface area contributed by atoms with Crippen LogP contribution in [0.4, 0.5) is 4.79 Å². The zero-order valence-corrected chi connectivity index (χ0v) is 7.64. The van der Waals surface area contributed by atoms with Crippen molar-refractivity contribution < 1.29 is 9.59 Å². The fraction of sp³-hybridized carbons (Fsp3) is 0.500. The number of fused-ring (bicyclic) bond motifs is 1. The van der Waals surface area contributed by atoms with E-state index in [9.17, 15) is 9.59 Å². The van der Waals surface area contributed by atoms with Crippen molar-refractivity contribution in [2.75, 3.05) is 7.05 Å². The Kier molecular flexibility index (Phi) is 1.62. The van der Waals surface area contributed by atoms with Gasteiger partial charge in [0.1, 0.15) is 12.2 Å². The highest BCUT2D eigenvalue weighted by Gasteiger charge is 2.44. The summed E-state index contributed by atoms with van der Waals surface area (Å²) < 4.78 is 0. The van der Waals surface area contributed by atoms with Gasteiger partial charge in [-0.1, -0.05) is 0 Å². The zero-order chi connectivity index (χ0) is 9.59. The molecule has 2 aliphatic rings. The third-order valence-corrected chi connectivity index (χ3v) is 2.37. The number of carbonyl (C=O) groups is 2. The lowest BCUT2D eigenvalue weighted by Crippen LogP contribution is -2.64. The highest BCUT2D eigenvalue weighted by molar-refractivity contribution is 7.80. The second-order valence-electron chi connectivity index (χ2n) is 2.95. The molecule has 0 aromatic carbocycles. The van der Waals surface area contributed by atoms with Gasteiger partial charge in [0.05, 0.1) is 0 Å². The van der Waals surface area contributed by atoms with Crippen molar-refractivity contribution in [1.29, 1.82) is 0 Å². The molecule has 70 valence electrons. The summed E-state index contributed by atoms with van der Waals surface area (Å²) in [5.74, 6) is -0.347. The third-order valence-electron chi connectivity index (χ3n) is 2.13. The summed E-state index contributed by atoms with van der Waals surface area (Å²) in [5, 5.41) is 8.20. The van der Waals surface area contributed by atoms with E-state index in [0.717, 1.165) is 0 Å². The normalized spacial score (nSPS) is 32.1. The molecule has 2 unspecified atom stereocenters. The van der Waals surface area contributed by atoms with E-state index in [1.165, 1.54) is 4.90 Å². The van der Waals surface area contributed by atoms with Crippen LogP contribution < -0.4 is 16.0 Å². The van der Waals surface area contributed by atoms with Gasteiger partial charge in [0, 0.05) is 7.05 Å². The SMILES string of the molecule is CN1C(=O)NC(=O)C2NC(=S)NC21. The number of nitrogens with one attached hydrogen (secondary N) is 3. The van der Waals surface area contributed by atoms with Gasteiger partial charge < -0.3 is 15.5 Å². The lowest BCUT2D eigenvalue weighted by Gasteiger charge is -2.32. The molecule has 2 saturated heterocycles. The number of imide groups is 1. The molecule has 0 aliphatic carbocycles. The minimum atomic E-state index is -0.477. The summed E-state index contributed by atoms with van der Waals surface area (Å²) in [6, 6.07) is -0.888. The van der Waals surface area contributed by atoms with Crippen molar-refractivity contribution in [1.82, 2.24) is 20.9 Å². The summed E-state index contributed by atoms with van der Waals surface area (Å²) in [7, 11) is 1.60. The van der Waals surface area contributed by atoms with Crippen LogP contribution in [0.25, 0.3) is 0 Å². The summed E-state index contributed by atoms with van der Waals surface area (Å²) >= 11 is 4.84. The number of hydrogen-bond donors (Lipinski definition) is 3. The minimum absolute atomic E-state index is 0.347. The minimum Gasteiger partial charge on any atom is -0.348 e. The van der Waals surface area contributed by atoms with Crippen LogP contribution in [0, 0.1) is 0 Å². The monoisotopic (exact) mass is 200 g/mol. The van der Waals surface area contributed by atoms with E-state index in [4.69, 9.17) is 12.2 Å². The average molecular weight is 200 g/mol. The van der Waals surface area contributed by atoms with Crippen LogP contribution in [-0.2, 0) is 4.79 Å². The van der Waals surface area contributed by atoms with Crippen LogP contribution in [-0.4, -0.2) is 41.2 Å². The molecule has 0 aromatic rings. The Bertz CT molecular complexity index is 305. The molecule has 2 heterocycles. The topological polar surface area (TPSA) is 73.5 Å². The van der Waals surface area contributed by atoms with Crippen LogP contribution in [0.1, 0.15) is 0 Å². The molecule has 3 N–H and O–H groups in total. The maximum Gasteiger partial charge on any atom is 0.325 e. The van der Waals surface area contributed by atoms with Crippen LogP contribution in [0.3, 0.4) is 0 Å². The molecule has 0 bridgehead atoms. The van der Waals surface area contributed by atoms with E-state index in [-0.39, 0.29) is 12.1 Å². The van der Waals surface area contributed by atoms with E-state index < -0.39 is 12.1 Å². The number of likely N-dealkylation sites (N-methyl/N-ethyl adjacent to an activating group) is 1. The number of amides is 3. The van der Waals surface area contributed by atoms with Crippen LogP contribution in [0.5, 0.6) is 0 Å². The van der Waals surface area contributed by atoms with Crippen molar-refractivity contribution >= 4 is 29.3 Å². The van der Waals surface area contributed by atoms with Gasteiger partial charge in [0.25, 0.3) is 5.91 Å². The molecule has 7 heteroatoms. The van der Waals surface area contributed by atoms with Crippen LogP contribution in [0.15, 0.2) is 0 Å². The fourth-order valence-corrected chi connectivity index (χ4v) is 1.65. The molecule has 0 radical (unpaired) electrons. The Morgan fingerprint density at radius 2 is 2.08 bits per heavy atom. The van der Waals surface area contributed by atoms with E-state index >= 15 is 0 Å². The molecule has 2 fully saturated rings. The first kappa shape index (κ1) is 8.24. The Balaban J connectivity index is 2.27. The van der Waals surface area contributed by atoms with Gasteiger partial charge in [-0.15, -0.1) is 0 Å². The van der Waals surface area contributed by atoms with Crippen LogP contribution >= 0.6 is 12.2 Å². The molecule has 3 amide bonds. The first-order valence-electron chi connectivity index (χ1n) is 3.74. The molecule has 2 aliphatic heterocycles. The fourth-order valence-electron chi connectivity index (χ4n) is 1.41. The van der Waals surface area contributed by atoms with Gasteiger partial charge in [-0.05, 0) is 12.2 Å². The number of urea groups is 1. The maximum atomic E-state index is 11.3. The molecule has 0 saturated carbocycles. The second-order valence-corrected chi connectivity index (χ2v) is 3.35. The standard InChI is InChI=1S/C6H8N4O2S/c1-10-3-2(7-5(13)8-3)4(11)9-6(10)12/h2-3H,1H3,(H2,7,8,13)(H,9,11,12). The quantitative estimate of drug-likeness (QED) is 0.408. The molecule has 2 rings (SSSR count). The van der Waals surface area contributed by atoms with Crippen molar-refractivity contribution in [3.63, 3.8) is 0 Å². The molecule has 2 atom stereocenters. The summed E-state index contributed by atoms with van der Waals surface area (Å²) in [4.78, 5) is 23.8. The molecule has 13 heavy (non-hydrogen) atoms. The lowest BCUT2D eigenvalue weighted by molar-refractivity contribution is -0.124. The van der Waals surface area contributed by atoms with Gasteiger partial charge in [0.15, 0.2) is 5.11 Å². The van der Waals surface area contributed by atoms with Gasteiger partial charge in [-0.25, -0.2) is 4.79 Å². The summed E-state index contributed by atoms with van der Waals surface area (Å²) in [6.07, 6.45) is -0.367. The zero-order valence-electron chi connectivity index (χ0n) is 6.83. The number of carbonyl (C=O) groups excluding carboxylic acids is 2. The van der Waals surface area contributed by atoms with Crippen molar-refractivity contribution in [3.05, 3.63) is 0 Å². The lowest BCUT2D eigenvalue weighted by atomic mass is 10.2. The molecular formula is C6H8N4O2S. The number of hydrogen-bond acceptors (Lipinski definition) is 3. The van der Waals surface area contributed by atoms with Gasteiger partial charge >= 0.3 is 6.03 Å². The maximum absolute atomic E-state index is 11.3. The van der Waals surface area contributed by atoms with Crippen LogP contribution in [0.2, 0.25) is 0 Å². The Labute approximate surface area is 79.6 Å². The van der Waals surface area contributed by atoms with Crippen molar-refractivity contribution in [2.24, 2.45) is 0 Å². The summed E-state index contributed by atoms with van der Waals surface area (Å²) in [6.45, 7) is 0. The molecule has 0 aromatic heterocycles. The highest BCUT2D eigenvalue weighted by atomic mass is 32.1. The van der Waals surface area contributed by atoms with Gasteiger partial charge in [0.2, 0.25) is 0 Å². The first-order chi connectivity index (χ1) is 6.09. The Morgan fingerprint density at radius 3 is 2.77 bits per heavy atom. The number of thiocarbonyl (C=S) groups is 1. The summed E-state index contributed by atoms with van der Waals surface area (Å²) in [5.41, 5.74) is 0. The highest BCUT2D eigenvalue weighted by Crippen LogP contribution is 2.10. The predicted octanol–water partition coefficient (Wildman–Crippen LogP) is -1.66. The Morgan fingerprint density at radius 1 is 1.38 bits per heavy atom. The van der Waals surface area contributed by atoms with E-state index in [2.05, 4.69) is 16.0 Å². The second kappa shape index (κ2) is 2.56. The number of rotatable bonds is 0. The Hall–Kier alpha value is -1.37. The van der Waals surface area contributed by atoms with Crippen molar-refractivity contribution in [2.45, 2.75) is 12.2 Å². The van der Waals surface area contributed by atoms with Gasteiger partial charge in [-0.2, -0.15) is 0 Å². The number of nitrogens with zero attached hydrogens (tertiary/aromatic N) is 1. The van der Waals surface area contributed by atoms with E-state index in [1.54, 1.807) is 7.05 Å². The van der Waals surface area contributed by atoms with Crippen molar-refractivity contribution in [3.8, 4) is 0 Å². The molecule has 0 spiro atoms. The van der Waals surface area contributed by atoms with E-state index in [0.29, 0.717) is 5.11 Å². The van der Waals surface area contributed by atoms with Gasteiger partial charge in [-0.3, -0.25) is 10.1 Å². The van der Waals surface area contributed by atoms with E-state index in [1.807, 2.05) is 0 Å². The average Bonchev–Trinajstić information content (AvgIpc) is 2.44. The predicted molar refractivity (Wildman–Crippen MR) is 47.7 cm³/mol. The molecular weight excluding hydrogens is 192 g/mol.